The summed E-state index contributed by atoms with van der Waals surface area (Å²) in [6.07, 6.45) is 1.93. The maximum atomic E-state index is 13.0. The summed E-state index contributed by atoms with van der Waals surface area (Å²) < 4.78 is 27.6. The molecule has 0 N–H and O–H groups in total. The highest BCUT2D eigenvalue weighted by Gasteiger charge is 2.35. The molecular formula is C10H13F2N3O. The number of hydrogen-bond acceptors (Lipinski definition) is 3. The molecule has 0 saturated carbocycles. The number of halogens is 2. The Morgan fingerprint density at radius 1 is 1.44 bits per heavy atom. The van der Waals surface area contributed by atoms with E-state index in [0.717, 1.165) is 0 Å². The van der Waals surface area contributed by atoms with Crippen LogP contribution in [0, 0.1) is 0 Å². The van der Waals surface area contributed by atoms with Gasteiger partial charge in [-0.2, -0.15) is 0 Å². The van der Waals surface area contributed by atoms with Gasteiger partial charge in [0.05, 0.1) is 0 Å². The maximum Gasteiger partial charge on any atom is 0.251 e. The zero-order valence-electron chi connectivity index (χ0n) is 8.99. The maximum absolute atomic E-state index is 13.0. The van der Waals surface area contributed by atoms with Gasteiger partial charge in [0.1, 0.15) is 5.69 Å². The molecule has 1 saturated heterocycles. The van der Waals surface area contributed by atoms with Crippen LogP contribution in [0.15, 0.2) is 6.20 Å². The van der Waals surface area contributed by atoms with Crippen LogP contribution in [-0.2, 0) is 7.05 Å². The number of aldehydes is 1. The molecule has 2 rings (SSSR count). The number of imidazole rings is 1. The Morgan fingerprint density at radius 3 is 2.56 bits per heavy atom. The summed E-state index contributed by atoms with van der Waals surface area (Å²) in [6, 6.07) is 0. The van der Waals surface area contributed by atoms with Crippen molar-refractivity contribution in [2.75, 3.05) is 18.0 Å². The molecule has 1 aromatic rings. The Kier molecular flexibility index (Phi) is 2.65. The smallest absolute Gasteiger partial charge is 0.251 e. The molecule has 1 aliphatic heterocycles. The van der Waals surface area contributed by atoms with E-state index < -0.39 is 5.92 Å². The monoisotopic (exact) mass is 229 g/mol. The second-order valence-electron chi connectivity index (χ2n) is 4.04. The quantitative estimate of drug-likeness (QED) is 0.721. The molecule has 1 aliphatic rings. The number of piperidine rings is 1. The number of aryl methyl sites for hydroxylation is 1. The predicted octanol–water partition coefficient (Wildman–Crippen LogP) is 1.47. The first-order chi connectivity index (χ1) is 7.52. The Morgan fingerprint density at radius 2 is 2.06 bits per heavy atom. The summed E-state index contributed by atoms with van der Waals surface area (Å²) in [5, 5.41) is 0. The van der Waals surface area contributed by atoms with Crippen LogP contribution in [0.1, 0.15) is 23.3 Å². The number of carbonyl (C=O) groups is 1. The Bertz CT molecular complexity index is 393. The fourth-order valence-electron chi connectivity index (χ4n) is 1.86. The molecule has 1 aromatic heterocycles. The molecule has 2 heterocycles. The van der Waals surface area contributed by atoms with Crippen molar-refractivity contribution in [1.29, 1.82) is 0 Å². The largest absolute Gasteiger partial charge is 0.342 e. The van der Waals surface area contributed by atoms with E-state index in [1.807, 2.05) is 0 Å². The van der Waals surface area contributed by atoms with Crippen molar-refractivity contribution >= 4 is 12.2 Å². The van der Waals surface area contributed by atoms with Crippen LogP contribution in [-0.4, -0.2) is 34.8 Å². The van der Waals surface area contributed by atoms with Gasteiger partial charge in [-0.3, -0.25) is 4.79 Å². The van der Waals surface area contributed by atoms with Crippen molar-refractivity contribution in [2.24, 2.45) is 7.05 Å². The van der Waals surface area contributed by atoms with E-state index >= 15 is 0 Å². The molecule has 0 unspecified atom stereocenters. The van der Waals surface area contributed by atoms with Crippen molar-refractivity contribution in [3.63, 3.8) is 0 Å². The number of carbonyl (C=O) groups excluding carboxylic acids is 1. The van der Waals surface area contributed by atoms with Crippen molar-refractivity contribution in [3.8, 4) is 0 Å². The third-order valence-electron chi connectivity index (χ3n) is 2.77. The molecule has 16 heavy (non-hydrogen) atoms. The molecule has 0 radical (unpaired) electrons. The fourth-order valence-corrected chi connectivity index (χ4v) is 1.86. The number of nitrogens with zero attached hydrogens (tertiary/aromatic N) is 3. The summed E-state index contributed by atoms with van der Waals surface area (Å²) in [4.78, 5) is 16.4. The minimum absolute atomic E-state index is 0.156. The SMILES string of the molecule is Cn1cc(C=O)nc1N1CCC(F)(F)CC1. The molecule has 0 aromatic carbocycles. The van der Waals surface area contributed by atoms with E-state index in [0.29, 0.717) is 17.9 Å². The van der Waals surface area contributed by atoms with Gasteiger partial charge in [0.25, 0.3) is 5.92 Å². The highest BCUT2D eigenvalue weighted by molar-refractivity contribution is 5.72. The molecule has 0 amide bonds. The van der Waals surface area contributed by atoms with E-state index in [-0.39, 0.29) is 25.9 Å². The average molecular weight is 229 g/mol. The van der Waals surface area contributed by atoms with Gasteiger partial charge in [0.2, 0.25) is 5.95 Å². The highest BCUT2D eigenvalue weighted by atomic mass is 19.3. The van der Waals surface area contributed by atoms with Gasteiger partial charge in [-0.15, -0.1) is 0 Å². The molecule has 0 atom stereocenters. The summed E-state index contributed by atoms with van der Waals surface area (Å²) in [6.45, 7) is 0.548. The van der Waals surface area contributed by atoms with Crippen LogP contribution < -0.4 is 4.90 Å². The van der Waals surface area contributed by atoms with Gasteiger partial charge in [-0.05, 0) is 0 Å². The van der Waals surface area contributed by atoms with E-state index in [1.54, 1.807) is 22.7 Å². The summed E-state index contributed by atoms with van der Waals surface area (Å²) in [5.41, 5.74) is 0.329. The van der Waals surface area contributed by atoms with Gasteiger partial charge < -0.3 is 9.47 Å². The predicted molar refractivity (Wildman–Crippen MR) is 55.0 cm³/mol. The number of aromatic nitrogens is 2. The standard InChI is InChI=1S/C10H13F2N3O/c1-14-6-8(7-16)13-9(14)15-4-2-10(11,12)3-5-15/h6-7H,2-5H2,1H3. The van der Waals surface area contributed by atoms with E-state index in [4.69, 9.17) is 0 Å². The third kappa shape index (κ3) is 2.05. The van der Waals surface area contributed by atoms with Gasteiger partial charge in [0, 0.05) is 39.2 Å². The van der Waals surface area contributed by atoms with Crippen LogP contribution in [0.5, 0.6) is 0 Å². The van der Waals surface area contributed by atoms with Crippen molar-refractivity contribution < 1.29 is 13.6 Å². The number of alkyl halides is 2. The average Bonchev–Trinajstić information content (AvgIpc) is 2.60. The van der Waals surface area contributed by atoms with Gasteiger partial charge in [-0.25, -0.2) is 13.8 Å². The van der Waals surface area contributed by atoms with Crippen LogP contribution >= 0.6 is 0 Å². The minimum Gasteiger partial charge on any atom is -0.342 e. The van der Waals surface area contributed by atoms with Crippen LogP contribution in [0.2, 0.25) is 0 Å². The molecule has 0 bridgehead atoms. The zero-order valence-corrected chi connectivity index (χ0v) is 8.99. The van der Waals surface area contributed by atoms with Crippen LogP contribution in [0.4, 0.5) is 14.7 Å². The number of rotatable bonds is 2. The summed E-state index contributed by atoms with van der Waals surface area (Å²) in [7, 11) is 1.75. The molecule has 88 valence electrons. The summed E-state index contributed by atoms with van der Waals surface area (Å²) in [5.74, 6) is -1.98. The lowest BCUT2D eigenvalue weighted by atomic mass is 10.1. The minimum atomic E-state index is -2.56. The van der Waals surface area contributed by atoms with E-state index in [9.17, 15) is 13.6 Å². The van der Waals surface area contributed by atoms with Gasteiger partial charge in [-0.1, -0.05) is 0 Å². The Hall–Kier alpha value is -1.46. The van der Waals surface area contributed by atoms with Crippen LogP contribution in [0.25, 0.3) is 0 Å². The number of anilines is 1. The lowest BCUT2D eigenvalue weighted by Crippen LogP contribution is -2.40. The van der Waals surface area contributed by atoms with Gasteiger partial charge in [0.15, 0.2) is 6.29 Å². The number of hydrogen-bond donors (Lipinski definition) is 0. The third-order valence-corrected chi connectivity index (χ3v) is 2.77. The van der Waals surface area contributed by atoms with E-state index in [2.05, 4.69) is 4.98 Å². The topological polar surface area (TPSA) is 38.1 Å². The first-order valence-electron chi connectivity index (χ1n) is 5.13. The molecule has 1 fully saturated rings. The van der Waals surface area contributed by atoms with E-state index in [1.165, 1.54) is 0 Å². The van der Waals surface area contributed by atoms with Crippen molar-refractivity contribution in [3.05, 3.63) is 11.9 Å². The first kappa shape index (κ1) is 11.0. The molecule has 6 heteroatoms. The molecule has 0 spiro atoms. The van der Waals surface area contributed by atoms with Gasteiger partial charge >= 0.3 is 0 Å². The lowest BCUT2D eigenvalue weighted by Gasteiger charge is -2.32. The molecular weight excluding hydrogens is 216 g/mol. The molecule has 4 nitrogen and oxygen atoms in total. The van der Waals surface area contributed by atoms with Crippen molar-refractivity contribution in [2.45, 2.75) is 18.8 Å². The van der Waals surface area contributed by atoms with Crippen LogP contribution in [0.3, 0.4) is 0 Å². The first-order valence-corrected chi connectivity index (χ1v) is 5.13. The lowest BCUT2D eigenvalue weighted by molar-refractivity contribution is -0.0223. The zero-order chi connectivity index (χ0) is 11.8. The van der Waals surface area contributed by atoms with Crippen molar-refractivity contribution in [1.82, 2.24) is 9.55 Å². The fraction of sp³-hybridized carbons (Fsp3) is 0.600. The summed E-state index contributed by atoms with van der Waals surface area (Å²) >= 11 is 0. The molecule has 0 aliphatic carbocycles. The highest BCUT2D eigenvalue weighted by Crippen LogP contribution is 2.29. The Labute approximate surface area is 91.9 Å². The second-order valence-corrected chi connectivity index (χ2v) is 4.04. The normalized spacial score (nSPS) is 19.8. The second kappa shape index (κ2) is 3.84. The Balaban J connectivity index is 2.13.